The highest BCUT2D eigenvalue weighted by Crippen LogP contribution is 2.51. The van der Waals surface area contributed by atoms with E-state index in [-0.39, 0.29) is 16.7 Å². The standard InChI is InChI=1S/C18H18N2O3S/c19-18(21)17-15-10-13(15)11-20(17)24(22,23)16-9-5-4-8-14(16)12-6-2-1-3-7-12/h1-9,13,15,17H,10-11H2,(H2,19,21)/t13-,15-,17+/m1/s1. The van der Waals surface area contributed by atoms with Crippen LogP contribution in [0.4, 0.5) is 0 Å². The van der Waals surface area contributed by atoms with Gasteiger partial charge in [0, 0.05) is 12.1 Å². The summed E-state index contributed by atoms with van der Waals surface area (Å²) in [6.45, 7) is 0.379. The van der Waals surface area contributed by atoms with E-state index in [1.807, 2.05) is 36.4 Å². The number of primary amides is 1. The van der Waals surface area contributed by atoms with Crippen LogP contribution in [0.3, 0.4) is 0 Å². The second-order valence-corrected chi connectivity index (χ2v) is 8.30. The zero-order valence-electron chi connectivity index (χ0n) is 13.0. The van der Waals surface area contributed by atoms with Gasteiger partial charge in [-0.3, -0.25) is 4.79 Å². The fourth-order valence-electron chi connectivity index (χ4n) is 3.70. The molecule has 6 heteroatoms. The van der Waals surface area contributed by atoms with Crippen molar-refractivity contribution in [3.05, 3.63) is 54.6 Å². The Morgan fingerprint density at radius 1 is 1.04 bits per heavy atom. The number of amides is 1. The summed E-state index contributed by atoms with van der Waals surface area (Å²) in [5.41, 5.74) is 6.95. The first-order chi connectivity index (χ1) is 11.5. The molecule has 0 spiro atoms. The van der Waals surface area contributed by atoms with Gasteiger partial charge in [-0.1, -0.05) is 48.5 Å². The minimum absolute atomic E-state index is 0.0844. The monoisotopic (exact) mass is 342 g/mol. The van der Waals surface area contributed by atoms with Crippen molar-refractivity contribution in [1.29, 1.82) is 0 Å². The second-order valence-electron chi connectivity index (χ2n) is 6.44. The largest absolute Gasteiger partial charge is 0.368 e. The van der Waals surface area contributed by atoms with Crippen molar-refractivity contribution in [2.24, 2.45) is 17.6 Å². The number of hydrogen-bond donors (Lipinski definition) is 1. The van der Waals surface area contributed by atoms with Crippen LogP contribution in [0.1, 0.15) is 6.42 Å². The van der Waals surface area contributed by atoms with Crippen LogP contribution in [-0.4, -0.2) is 31.2 Å². The van der Waals surface area contributed by atoms with E-state index in [1.165, 1.54) is 4.31 Å². The van der Waals surface area contributed by atoms with Crippen molar-refractivity contribution in [1.82, 2.24) is 4.31 Å². The van der Waals surface area contributed by atoms with Gasteiger partial charge in [0.2, 0.25) is 15.9 Å². The number of carbonyl (C=O) groups is 1. The molecule has 2 fully saturated rings. The van der Waals surface area contributed by atoms with Crippen LogP contribution in [0.15, 0.2) is 59.5 Å². The van der Waals surface area contributed by atoms with Crippen LogP contribution in [0.25, 0.3) is 11.1 Å². The molecule has 5 nitrogen and oxygen atoms in total. The smallest absolute Gasteiger partial charge is 0.244 e. The first-order valence-electron chi connectivity index (χ1n) is 7.96. The normalized spacial score (nSPS) is 26.1. The lowest BCUT2D eigenvalue weighted by atomic mass is 10.1. The predicted molar refractivity (Wildman–Crippen MR) is 90.3 cm³/mol. The van der Waals surface area contributed by atoms with E-state index >= 15 is 0 Å². The lowest BCUT2D eigenvalue weighted by molar-refractivity contribution is -0.121. The highest BCUT2D eigenvalue weighted by atomic mass is 32.2. The number of rotatable bonds is 4. The molecule has 24 heavy (non-hydrogen) atoms. The maximum atomic E-state index is 13.2. The molecule has 2 aromatic carbocycles. The highest BCUT2D eigenvalue weighted by Gasteiger charge is 2.58. The number of piperidine rings is 1. The molecule has 4 rings (SSSR count). The van der Waals surface area contributed by atoms with Gasteiger partial charge < -0.3 is 5.73 Å². The van der Waals surface area contributed by atoms with Crippen molar-refractivity contribution in [3.63, 3.8) is 0 Å². The van der Waals surface area contributed by atoms with E-state index < -0.39 is 22.0 Å². The Morgan fingerprint density at radius 2 is 1.71 bits per heavy atom. The number of sulfonamides is 1. The van der Waals surface area contributed by atoms with E-state index in [9.17, 15) is 13.2 Å². The van der Waals surface area contributed by atoms with Gasteiger partial charge in [-0.2, -0.15) is 4.31 Å². The topological polar surface area (TPSA) is 80.5 Å². The molecule has 0 aromatic heterocycles. The Balaban J connectivity index is 1.80. The van der Waals surface area contributed by atoms with Gasteiger partial charge in [0.05, 0.1) is 4.90 Å². The molecule has 1 amide bonds. The number of benzene rings is 2. The summed E-state index contributed by atoms with van der Waals surface area (Å²) < 4.78 is 27.8. The fourth-order valence-corrected chi connectivity index (χ4v) is 5.61. The first-order valence-corrected chi connectivity index (χ1v) is 9.40. The molecule has 0 bridgehead atoms. The summed E-state index contributed by atoms with van der Waals surface area (Å²) in [7, 11) is -3.78. The van der Waals surface area contributed by atoms with E-state index in [2.05, 4.69) is 0 Å². The number of carbonyl (C=O) groups excluding carboxylic acids is 1. The molecule has 1 aliphatic heterocycles. The summed E-state index contributed by atoms with van der Waals surface area (Å²) in [6.07, 6.45) is 0.889. The molecule has 0 unspecified atom stereocenters. The summed E-state index contributed by atoms with van der Waals surface area (Å²) in [5, 5.41) is 0. The third kappa shape index (κ3) is 2.34. The van der Waals surface area contributed by atoms with Crippen molar-refractivity contribution in [3.8, 4) is 11.1 Å². The van der Waals surface area contributed by atoms with E-state index in [1.54, 1.807) is 18.2 Å². The average Bonchev–Trinajstić information content (AvgIpc) is 3.24. The zero-order chi connectivity index (χ0) is 16.9. The SMILES string of the molecule is NC(=O)[C@@H]1[C@@H]2C[C@@H]2CN1S(=O)(=O)c1ccccc1-c1ccccc1. The predicted octanol–water partition coefficient (Wildman–Crippen LogP) is 1.85. The van der Waals surface area contributed by atoms with Crippen LogP contribution in [0.5, 0.6) is 0 Å². The van der Waals surface area contributed by atoms with Crippen molar-refractivity contribution in [2.75, 3.05) is 6.54 Å². The molecule has 3 atom stereocenters. The molecule has 1 heterocycles. The van der Waals surface area contributed by atoms with Gasteiger partial charge in [0.25, 0.3) is 0 Å². The van der Waals surface area contributed by atoms with Crippen LogP contribution in [0.2, 0.25) is 0 Å². The molecule has 124 valence electrons. The fraction of sp³-hybridized carbons (Fsp3) is 0.278. The first kappa shape index (κ1) is 15.4. The number of hydrogen-bond acceptors (Lipinski definition) is 3. The Hall–Kier alpha value is -2.18. The van der Waals surface area contributed by atoms with Crippen molar-refractivity contribution in [2.45, 2.75) is 17.4 Å². The Labute approximate surface area is 141 Å². The molecule has 2 N–H and O–H groups in total. The van der Waals surface area contributed by atoms with Crippen molar-refractivity contribution >= 4 is 15.9 Å². The van der Waals surface area contributed by atoms with Gasteiger partial charge in [-0.05, 0) is 29.9 Å². The maximum absolute atomic E-state index is 13.2. The minimum Gasteiger partial charge on any atom is -0.368 e. The van der Waals surface area contributed by atoms with Crippen molar-refractivity contribution < 1.29 is 13.2 Å². The van der Waals surface area contributed by atoms with Gasteiger partial charge >= 0.3 is 0 Å². The molecule has 2 aromatic rings. The van der Waals surface area contributed by atoms with Gasteiger partial charge in [-0.15, -0.1) is 0 Å². The minimum atomic E-state index is -3.78. The lowest BCUT2D eigenvalue weighted by Crippen LogP contribution is -2.46. The molecule has 1 aliphatic carbocycles. The maximum Gasteiger partial charge on any atom is 0.244 e. The third-order valence-corrected chi connectivity index (χ3v) is 6.86. The molecule has 2 aliphatic rings. The summed E-state index contributed by atoms with van der Waals surface area (Å²) >= 11 is 0. The second kappa shape index (κ2) is 5.43. The third-order valence-electron chi connectivity index (χ3n) is 4.96. The van der Waals surface area contributed by atoms with Gasteiger partial charge in [-0.25, -0.2) is 8.42 Å². The number of nitrogens with two attached hydrogens (primary N) is 1. The Bertz CT molecular complexity index is 895. The van der Waals surface area contributed by atoms with Crippen LogP contribution < -0.4 is 5.73 Å². The molecular weight excluding hydrogens is 324 g/mol. The lowest BCUT2D eigenvalue weighted by Gasteiger charge is -2.25. The quantitative estimate of drug-likeness (QED) is 0.921. The van der Waals surface area contributed by atoms with Gasteiger partial charge in [0.1, 0.15) is 6.04 Å². The van der Waals surface area contributed by atoms with E-state index in [4.69, 9.17) is 5.73 Å². The molecule has 1 saturated heterocycles. The number of fused-ring (bicyclic) bond motifs is 1. The van der Waals surface area contributed by atoms with Gasteiger partial charge in [0.15, 0.2) is 0 Å². The highest BCUT2D eigenvalue weighted by molar-refractivity contribution is 7.89. The van der Waals surface area contributed by atoms with E-state index in [0.717, 1.165) is 12.0 Å². The van der Waals surface area contributed by atoms with Crippen LogP contribution in [0, 0.1) is 11.8 Å². The molecule has 0 radical (unpaired) electrons. The summed E-state index contributed by atoms with van der Waals surface area (Å²) in [5.74, 6) is -0.205. The Morgan fingerprint density at radius 3 is 2.42 bits per heavy atom. The summed E-state index contributed by atoms with van der Waals surface area (Å²) in [4.78, 5) is 12.0. The summed E-state index contributed by atoms with van der Waals surface area (Å²) in [6, 6.07) is 15.6. The van der Waals surface area contributed by atoms with Crippen LogP contribution >= 0.6 is 0 Å². The Kier molecular flexibility index (Phi) is 3.47. The molecular formula is C18H18N2O3S. The average molecular weight is 342 g/mol. The zero-order valence-corrected chi connectivity index (χ0v) is 13.8. The van der Waals surface area contributed by atoms with Crippen LogP contribution in [-0.2, 0) is 14.8 Å². The molecule has 1 saturated carbocycles. The van der Waals surface area contributed by atoms with E-state index in [0.29, 0.717) is 12.1 Å². The number of nitrogens with zero attached hydrogens (tertiary/aromatic N) is 1.